The van der Waals surface area contributed by atoms with Gasteiger partial charge in [-0.2, -0.15) is 0 Å². The van der Waals surface area contributed by atoms with Gasteiger partial charge in [0.05, 0.1) is 13.2 Å². The minimum Gasteiger partial charge on any atom is -0.380 e. The van der Waals surface area contributed by atoms with Gasteiger partial charge < -0.3 is 14.4 Å². The van der Waals surface area contributed by atoms with Crippen molar-refractivity contribution in [1.29, 1.82) is 0 Å². The van der Waals surface area contributed by atoms with Crippen LogP contribution >= 0.6 is 0 Å². The van der Waals surface area contributed by atoms with Gasteiger partial charge in [-0.25, -0.2) is 0 Å². The highest BCUT2D eigenvalue weighted by molar-refractivity contribution is 5.91. The van der Waals surface area contributed by atoms with Crippen molar-refractivity contribution >= 4 is 28.7 Å². The van der Waals surface area contributed by atoms with E-state index >= 15 is 0 Å². The highest BCUT2D eigenvalue weighted by Crippen LogP contribution is 2.37. The van der Waals surface area contributed by atoms with Crippen LogP contribution in [0.1, 0.15) is 45.9 Å². The number of hydrogen-bond acceptors (Lipinski definition) is 3. The van der Waals surface area contributed by atoms with E-state index in [0.717, 1.165) is 22.6 Å². The average molecular weight is 554 g/mol. The van der Waals surface area contributed by atoms with Crippen LogP contribution in [-0.4, -0.2) is 13.7 Å². The number of aryl methyl sites for hydroxylation is 2. The topological polar surface area (TPSA) is 21.7 Å². The van der Waals surface area contributed by atoms with Crippen molar-refractivity contribution in [3.8, 4) is 0 Å². The monoisotopic (exact) mass is 553 g/mol. The summed E-state index contributed by atoms with van der Waals surface area (Å²) in [5.74, 6) is 0. The smallest absolute Gasteiger partial charge is 0.0719 e. The number of methoxy groups -OCH3 is 1. The molecule has 5 aromatic rings. The van der Waals surface area contributed by atoms with Crippen LogP contribution in [-0.2, 0) is 22.7 Å². The molecule has 3 nitrogen and oxygen atoms in total. The Morgan fingerprint density at radius 3 is 1.60 bits per heavy atom. The summed E-state index contributed by atoms with van der Waals surface area (Å²) in [5, 5.41) is 0. The number of anilines is 3. The van der Waals surface area contributed by atoms with Gasteiger partial charge in [-0.05, 0) is 108 Å². The standard InChI is InChI=1S/C39H39NO2/c1-5-42-28-35-19-23-38(25-30(35)3)40(37-22-18-34(27-41-4)29(2)24-37)36-20-16-31(17-21-36)26-39(32-12-8-6-9-13-32)33-14-10-7-11-15-33/h6-26H,5,27-28H2,1-4H3. The van der Waals surface area contributed by atoms with Gasteiger partial charge in [-0.3, -0.25) is 0 Å². The van der Waals surface area contributed by atoms with E-state index in [-0.39, 0.29) is 0 Å². The molecular formula is C39H39NO2. The van der Waals surface area contributed by atoms with E-state index in [4.69, 9.17) is 9.47 Å². The Morgan fingerprint density at radius 1 is 0.619 bits per heavy atom. The Bertz CT molecular complexity index is 1580. The predicted octanol–water partition coefficient (Wildman–Crippen LogP) is 10.0. The van der Waals surface area contributed by atoms with Crippen LogP contribution in [0.3, 0.4) is 0 Å². The number of nitrogens with zero attached hydrogens (tertiary/aromatic N) is 1. The number of rotatable bonds is 11. The molecule has 5 aromatic carbocycles. The van der Waals surface area contributed by atoms with Gasteiger partial charge in [0, 0.05) is 30.8 Å². The summed E-state index contributed by atoms with van der Waals surface area (Å²) >= 11 is 0. The number of benzene rings is 5. The van der Waals surface area contributed by atoms with E-state index < -0.39 is 0 Å². The van der Waals surface area contributed by atoms with Crippen LogP contribution in [0.4, 0.5) is 17.1 Å². The minimum atomic E-state index is 0.601. The van der Waals surface area contributed by atoms with Crippen LogP contribution in [0.2, 0.25) is 0 Å². The average Bonchev–Trinajstić information content (AvgIpc) is 3.02. The van der Waals surface area contributed by atoms with Gasteiger partial charge in [0.15, 0.2) is 0 Å². The summed E-state index contributed by atoms with van der Waals surface area (Å²) in [6.07, 6.45) is 2.27. The molecule has 0 unspecified atom stereocenters. The molecule has 212 valence electrons. The molecule has 5 rings (SSSR count). The van der Waals surface area contributed by atoms with Crippen LogP contribution in [0.15, 0.2) is 121 Å². The fourth-order valence-electron chi connectivity index (χ4n) is 5.23. The van der Waals surface area contributed by atoms with Crippen molar-refractivity contribution in [2.45, 2.75) is 34.0 Å². The fraction of sp³-hybridized carbons (Fsp3) is 0.179. The lowest BCUT2D eigenvalue weighted by Crippen LogP contribution is -2.11. The maximum absolute atomic E-state index is 5.70. The molecule has 0 radical (unpaired) electrons. The van der Waals surface area contributed by atoms with Gasteiger partial charge in [0.1, 0.15) is 0 Å². The third kappa shape index (κ3) is 6.88. The van der Waals surface area contributed by atoms with Crippen molar-refractivity contribution in [3.05, 3.63) is 160 Å². The normalized spacial score (nSPS) is 10.9. The van der Waals surface area contributed by atoms with E-state index in [0.29, 0.717) is 19.8 Å². The zero-order valence-electron chi connectivity index (χ0n) is 25.0. The van der Waals surface area contributed by atoms with Crippen LogP contribution in [0.5, 0.6) is 0 Å². The first kappa shape index (κ1) is 29.1. The van der Waals surface area contributed by atoms with Gasteiger partial charge in [-0.1, -0.05) is 84.9 Å². The van der Waals surface area contributed by atoms with Crippen LogP contribution in [0, 0.1) is 13.8 Å². The minimum absolute atomic E-state index is 0.601. The second-order valence-electron chi connectivity index (χ2n) is 10.5. The molecule has 3 heteroatoms. The molecule has 0 heterocycles. The van der Waals surface area contributed by atoms with Crippen molar-refractivity contribution in [2.75, 3.05) is 18.6 Å². The Balaban J connectivity index is 1.55. The van der Waals surface area contributed by atoms with Crippen molar-refractivity contribution in [3.63, 3.8) is 0 Å². The third-order valence-electron chi connectivity index (χ3n) is 7.56. The lowest BCUT2D eigenvalue weighted by molar-refractivity contribution is 0.133. The molecule has 0 bridgehead atoms. The number of ether oxygens (including phenoxy) is 2. The van der Waals surface area contributed by atoms with E-state index in [1.807, 2.05) is 6.92 Å². The molecule has 0 aliphatic rings. The molecule has 0 amide bonds. The first-order chi connectivity index (χ1) is 20.6. The molecular weight excluding hydrogens is 514 g/mol. The second kappa shape index (κ2) is 14.0. The summed E-state index contributed by atoms with van der Waals surface area (Å²) in [6.45, 7) is 8.27. The molecule has 0 aliphatic carbocycles. The molecule has 0 saturated heterocycles. The van der Waals surface area contributed by atoms with Crippen molar-refractivity contribution in [1.82, 2.24) is 0 Å². The van der Waals surface area contributed by atoms with Gasteiger partial charge >= 0.3 is 0 Å². The largest absolute Gasteiger partial charge is 0.380 e. The molecule has 0 atom stereocenters. The summed E-state index contributed by atoms with van der Waals surface area (Å²) in [6, 6.07) is 43.2. The zero-order chi connectivity index (χ0) is 29.3. The summed E-state index contributed by atoms with van der Waals surface area (Å²) < 4.78 is 11.1. The summed E-state index contributed by atoms with van der Waals surface area (Å²) in [4.78, 5) is 2.32. The molecule has 0 N–H and O–H groups in total. The van der Waals surface area contributed by atoms with E-state index in [1.165, 1.54) is 39.0 Å². The summed E-state index contributed by atoms with van der Waals surface area (Å²) in [7, 11) is 1.74. The maximum Gasteiger partial charge on any atom is 0.0719 e. The van der Waals surface area contributed by atoms with Crippen LogP contribution in [0.25, 0.3) is 11.6 Å². The van der Waals surface area contributed by atoms with Gasteiger partial charge in [0.2, 0.25) is 0 Å². The molecule has 0 fully saturated rings. The fourth-order valence-corrected chi connectivity index (χ4v) is 5.23. The Morgan fingerprint density at radius 2 is 1.12 bits per heavy atom. The van der Waals surface area contributed by atoms with E-state index in [9.17, 15) is 0 Å². The molecule has 0 spiro atoms. The predicted molar refractivity (Wildman–Crippen MR) is 176 cm³/mol. The van der Waals surface area contributed by atoms with Crippen molar-refractivity contribution < 1.29 is 9.47 Å². The zero-order valence-corrected chi connectivity index (χ0v) is 25.0. The highest BCUT2D eigenvalue weighted by Gasteiger charge is 2.15. The maximum atomic E-state index is 5.70. The quantitative estimate of drug-likeness (QED) is 0.152. The SMILES string of the molecule is CCOCc1ccc(N(c2ccc(C=C(c3ccccc3)c3ccccc3)cc2)c2ccc(COC)c(C)c2)cc1C. The Kier molecular flexibility index (Phi) is 9.66. The van der Waals surface area contributed by atoms with E-state index in [1.54, 1.807) is 7.11 Å². The molecule has 0 aliphatic heterocycles. The van der Waals surface area contributed by atoms with Gasteiger partial charge in [0.25, 0.3) is 0 Å². The van der Waals surface area contributed by atoms with Crippen molar-refractivity contribution in [2.24, 2.45) is 0 Å². The lowest BCUT2D eigenvalue weighted by atomic mass is 9.95. The molecule has 42 heavy (non-hydrogen) atoms. The second-order valence-corrected chi connectivity index (χ2v) is 10.5. The Hall–Kier alpha value is -4.44. The van der Waals surface area contributed by atoms with E-state index in [2.05, 4.69) is 146 Å². The third-order valence-corrected chi connectivity index (χ3v) is 7.56. The first-order valence-electron chi connectivity index (χ1n) is 14.6. The highest BCUT2D eigenvalue weighted by atomic mass is 16.5. The lowest BCUT2D eigenvalue weighted by Gasteiger charge is -2.27. The van der Waals surface area contributed by atoms with Gasteiger partial charge in [-0.15, -0.1) is 0 Å². The van der Waals surface area contributed by atoms with Crippen LogP contribution < -0.4 is 4.90 Å². The first-order valence-corrected chi connectivity index (χ1v) is 14.6. The summed E-state index contributed by atoms with van der Waals surface area (Å²) in [5.41, 5.74) is 12.9. The molecule has 0 saturated carbocycles. The Labute approximate surface area is 250 Å². The molecule has 0 aromatic heterocycles. The number of hydrogen-bond donors (Lipinski definition) is 0.